The lowest BCUT2D eigenvalue weighted by molar-refractivity contribution is 0.0989. The van der Waals surface area contributed by atoms with Gasteiger partial charge in [0.15, 0.2) is 0 Å². The summed E-state index contributed by atoms with van der Waals surface area (Å²) in [4.78, 5) is 2.42. The number of thiol groups is 1. The van der Waals surface area contributed by atoms with Crippen LogP contribution >= 0.6 is 12.6 Å². The largest absolute Gasteiger partial charge is 0.379 e. The molecule has 0 amide bonds. The normalized spacial score (nSPS) is 11.4. The smallest absolute Gasteiger partial charge is 0.0594 e. The molecule has 0 unspecified atom stereocenters. The Kier molecular flexibility index (Phi) is 7.33. The van der Waals surface area contributed by atoms with E-state index in [2.05, 4.69) is 61.7 Å². The highest BCUT2D eigenvalue weighted by Gasteiger charge is 2.09. The van der Waals surface area contributed by atoms with Crippen LogP contribution in [0, 0.1) is 0 Å². The van der Waals surface area contributed by atoms with Crippen LogP contribution in [0.15, 0.2) is 30.3 Å². The molecule has 0 saturated heterocycles. The van der Waals surface area contributed by atoms with Crippen LogP contribution in [0.25, 0.3) is 0 Å². The van der Waals surface area contributed by atoms with Gasteiger partial charge >= 0.3 is 0 Å². The van der Waals surface area contributed by atoms with Gasteiger partial charge < -0.3 is 4.74 Å². The van der Waals surface area contributed by atoms with Crippen molar-refractivity contribution in [3.8, 4) is 0 Å². The van der Waals surface area contributed by atoms with Gasteiger partial charge in [-0.1, -0.05) is 30.3 Å². The molecule has 0 spiro atoms. The Morgan fingerprint density at radius 1 is 1.18 bits per heavy atom. The lowest BCUT2D eigenvalue weighted by Crippen LogP contribution is -2.33. The van der Waals surface area contributed by atoms with Crippen LogP contribution in [-0.2, 0) is 11.3 Å². The Labute approximate surface area is 110 Å². The lowest BCUT2D eigenvalue weighted by Gasteiger charge is -2.26. The second-order valence-corrected chi connectivity index (χ2v) is 4.83. The maximum atomic E-state index is 5.48. The summed E-state index contributed by atoms with van der Waals surface area (Å²) in [7, 11) is 0. The minimum atomic E-state index is 0.537. The Bertz CT molecular complexity index is 290. The molecule has 17 heavy (non-hydrogen) atoms. The molecular weight excluding hydrogens is 230 g/mol. The molecule has 1 aromatic carbocycles. The summed E-state index contributed by atoms with van der Waals surface area (Å²) in [5.74, 6) is 0.792. The van der Waals surface area contributed by atoms with Crippen LogP contribution in [0.3, 0.4) is 0 Å². The van der Waals surface area contributed by atoms with Crippen molar-refractivity contribution in [1.82, 2.24) is 4.90 Å². The molecule has 1 rings (SSSR count). The van der Waals surface area contributed by atoms with Crippen LogP contribution < -0.4 is 0 Å². The second-order valence-electron chi connectivity index (χ2n) is 4.39. The van der Waals surface area contributed by atoms with E-state index >= 15 is 0 Å². The van der Waals surface area contributed by atoms with Crippen molar-refractivity contribution in [3.05, 3.63) is 35.9 Å². The number of hydrogen-bond acceptors (Lipinski definition) is 3. The molecule has 0 aliphatic rings. The number of ether oxygens (including phenoxy) is 1. The molecule has 0 aliphatic heterocycles. The van der Waals surface area contributed by atoms with Crippen LogP contribution in [0.5, 0.6) is 0 Å². The van der Waals surface area contributed by atoms with E-state index in [0.717, 1.165) is 32.1 Å². The SMILES string of the molecule is CC(C)N(CCOCCS)Cc1ccccc1. The summed E-state index contributed by atoms with van der Waals surface area (Å²) in [5.41, 5.74) is 1.36. The number of nitrogens with zero attached hydrogens (tertiary/aromatic N) is 1. The van der Waals surface area contributed by atoms with Crippen LogP contribution in [-0.4, -0.2) is 36.5 Å². The van der Waals surface area contributed by atoms with Crippen molar-refractivity contribution in [1.29, 1.82) is 0 Å². The average Bonchev–Trinajstić information content (AvgIpc) is 2.34. The fourth-order valence-electron chi connectivity index (χ4n) is 1.69. The third-order valence-corrected chi connectivity index (χ3v) is 2.90. The molecule has 0 aliphatic carbocycles. The molecule has 0 atom stereocenters. The summed E-state index contributed by atoms with van der Waals surface area (Å²) in [5, 5.41) is 0. The Balaban J connectivity index is 2.38. The maximum Gasteiger partial charge on any atom is 0.0594 e. The van der Waals surface area contributed by atoms with Crippen molar-refractivity contribution >= 4 is 12.6 Å². The van der Waals surface area contributed by atoms with Gasteiger partial charge in [0.05, 0.1) is 13.2 Å². The third kappa shape index (κ3) is 6.10. The predicted molar refractivity (Wildman–Crippen MR) is 76.7 cm³/mol. The fourth-order valence-corrected chi connectivity index (χ4v) is 1.82. The van der Waals surface area contributed by atoms with Gasteiger partial charge in [-0.05, 0) is 19.4 Å². The minimum Gasteiger partial charge on any atom is -0.379 e. The molecule has 0 aromatic heterocycles. The summed E-state index contributed by atoms with van der Waals surface area (Å²) in [6, 6.07) is 11.1. The number of rotatable bonds is 8. The van der Waals surface area contributed by atoms with Gasteiger partial charge in [-0.2, -0.15) is 12.6 Å². The monoisotopic (exact) mass is 253 g/mol. The summed E-state index contributed by atoms with van der Waals surface area (Å²) in [6.07, 6.45) is 0. The van der Waals surface area contributed by atoms with Crippen molar-refractivity contribution < 1.29 is 4.74 Å². The summed E-state index contributed by atoms with van der Waals surface area (Å²) >= 11 is 4.13. The van der Waals surface area contributed by atoms with E-state index in [-0.39, 0.29) is 0 Å². The van der Waals surface area contributed by atoms with E-state index in [9.17, 15) is 0 Å². The van der Waals surface area contributed by atoms with Crippen molar-refractivity contribution in [2.45, 2.75) is 26.4 Å². The van der Waals surface area contributed by atoms with Gasteiger partial charge in [0, 0.05) is 24.9 Å². The van der Waals surface area contributed by atoms with Gasteiger partial charge in [0.1, 0.15) is 0 Å². The zero-order valence-corrected chi connectivity index (χ0v) is 11.7. The van der Waals surface area contributed by atoms with Gasteiger partial charge in [0.2, 0.25) is 0 Å². The first-order chi connectivity index (χ1) is 8.24. The molecular formula is C14H23NOS. The average molecular weight is 253 g/mol. The molecule has 1 aromatic rings. The zero-order chi connectivity index (χ0) is 12.5. The highest BCUT2D eigenvalue weighted by Crippen LogP contribution is 2.07. The molecule has 0 saturated carbocycles. The molecule has 0 radical (unpaired) electrons. The van der Waals surface area contributed by atoms with Crippen LogP contribution in [0.4, 0.5) is 0 Å². The topological polar surface area (TPSA) is 12.5 Å². The van der Waals surface area contributed by atoms with Crippen molar-refractivity contribution in [2.75, 3.05) is 25.5 Å². The molecule has 0 fully saturated rings. The van der Waals surface area contributed by atoms with Gasteiger partial charge in [-0.25, -0.2) is 0 Å². The molecule has 96 valence electrons. The first kappa shape index (κ1) is 14.6. The number of benzene rings is 1. The fraction of sp³-hybridized carbons (Fsp3) is 0.571. The van der Waals surface area contributed by atoms with E-state index in [1.165, 1.54) is 5.56 Å². The number of hydrogen-bond donors (Lipinski definition) is 1. The summed E-state index contributed by atoms with van der Waals surface area (Å²) < 4.78 is 5.48. The zero-order valence-electron chi connectivity index (χ0n) is 10.8. The maximum absolute atomic E-state index is 5.48. The lowest BCUT2D eigenvalue weighted by atomic mass is 10.2. The highest BCUT2D eigenvalue weighted by molar-refractivity contribution is 7.80. The quantitative estimate of drug-likeness (QED) is 0.565. The standard InChI is InChI=1S/C14H23NOS/c1-13(2)15(8-9-16-10-11-17)12-14-6-4-3-5-7-14/h3-7,13,17H,8-12H2,1-2H3. The molecule has 2 nitrogen and oxygen atoms in total. The molecule has 0 N–H and O–H groups in total. The third-order valence-electron chi connectivity index (χ3n) is 2.72. The van der Waals surface area contributed by atoms with E-state index < -0.39 is 0 Å². The Hall–Kier alpha value is -0.510. The Morgan fingerprint density at radius 3 is 2.47 bits per heavy atom. The van der Waals surface area contributed by atoms with Gasteiger partial charge in [-0.3, -0.25) is 4.90 Å². The van der Waals surface area contributed by atoms with E-state index in [1.807, 2.05) is 0 Å². The van der Waals surface area contributed by atoms with Gasteiger partial charge in [0.25, 0.3) is 0 Å². The first-order valence-electron chi connectivity index (χ1n) is 6.20. The van der Waals surface area contributed by atoms with Crippen molar-refractivity contribution in [3.63, 3.8) is 0 Å². The molecule has 0 heterocycles. The second kappa shape index (κ2) is 8.56. The van der Waals surface area contributed by atoms with Crippen molar-refractivity contribution in [2.24, 2.45) is 0 Å². The summed E-state index contributed by atoms with van der Waals surface area (Å²) in [6.45, 7) is 7.93. The first-order valence-corrected chi connectivity index (χ1v) is 6.84. The van der Waals surface area contributed by atoms with E-state index in [4.69, 9.17) is 4.74 Å². The van der Waals surface area contributed by atoms with Gasteiger partial charge in [-0.15, -0.1) is 0 Å². The minimum absolute atomic E-state index is 0.537. The highest BCUT2D eigenvalue weighted by atomic mass is 32.1. The van der Waals surface area contributed by atoms with Crippen LogP contribution in [0.1, 0.15) is 19.4 Å². The Morgan fingerprint density at radius 2 is 1.88 bits per heavy atom. The van der Waals surface area contributed by atoms with Crippen LogP contribution in [0.2, 0.25) is 0 Å². The van der Waals surface area contributed by atoms with E-state index in [1.54, 1.807) is 0 Å². The van der Waals surface area contributed by atoms with E-state index in [0.29, 0.717) is 6.04 Å². The molecule has 0 bridgehead atoms. The molecule has 3 heteroatoms. The predicted octanol–water partition coefficient (Wildman–Crippen LogP) is 2.84.